The number of hydrazine groups is 1. The van der Waals surface area contributed by atoms with Crippen molar-refractivity contribution >= 4 is 31.6 Å². The average Bonchev–Trinajstić information content (AvgIpc) is 3.03. The van der Waals surface area contributed by atoms with Gasteiger partial charge < -0.3 is 9.75 Å². The van der Waals surface area contributed by atoms with E-state index in [1.165, 1.54) is 11.3 Å². The molecule has 0 aliphatic heterocycles. The van der Waals surface area contributed by atoms with Gasteiger partial charge in [0, 0.05) is 23.6 Å². The van der Waals surface area contributed by atoms with Crippen LogP contribution in [0.25, 0.3) is 11.3 Å². The van der Waals surface area contributed by atoms with Gasteiger partial charge in [-0.1, -0.05) is 47.7 Å². The number of thiazole rings is 1. The number of nitrogens with two attached hydrogens (primary N) is 1. The Morgan fingerprint density at radius 3 is 2.67 bits per heavy atom. The van der Waals surface area contributed by atoms with Gasteiger partial charge in [-0.15, -0.1) is 9.24 Å². The highest BCUT2D eigenvalue weighted by Gasteiger charge is 2.11. The van der Waals surface area contributed by atoms with Gasteiger partial charge in [-0.2, -0.15) is 0 Å². The minimum atomic E-state index is 0.445. The van der Waals surface area contributed by atoms with E-state index in [1.807, 2.05) is 24.6 Å². The SMILES string of the molecule is Cc1cccc(N(C)N)c1COc1nc(-c2ccc(P)cc2)cs1. The third-order valence-corrected chi connectivity index (χ3v) is 4.93. The van der Waals surface area contributed by atoms with Gasteiger partial charge in [-0.3, -0.25) is 0 Å². The van der Waals surface area contributed by atoms with Crippen molar-refractivity contribution in [3.63, 3.8) is 0 Å². The molecule has 3 rings (SSSR count). The van der Waals surface area contributed by atoms with Gasteiger partial charge in [0.05, 0.1) is 11.4 Å². The van der Waals surface area contributed by atoms with Crippen molar-refractivity contribution in [3.05, 3.63) is 59.0 Å². The largest absolute Gasteiger partial charge is 0.465 e. The maximum absolute atomic E-state index is 5.91. The minimum absolute atomic E-state index is 0.445. The van der Waals surface area contributed by atoms with Crippen LogP contribution in [0, 0.1) is 6.92 Å². The standard InChI is InChI=1S/C18H20N3OPS/c1-12-4-3-5-17(21(2)19)15(12)10-22-18-20-16(11-24-18)13-6-8-14(23)9-7-13/h3-9,11H,10,19,23H2,1-2H3. The molecule has 4 nitrogen and oxygen atoms in total. The molecule has 3 aromatic rings. The van der Waals surface area contributed by atoms with Gasteiger partial charge in [0.15, 0.2) is 0 Å². The lowest BCUT2D eigenvalue weighted by Gasteiger charge is -2.18. The molecule has 24 heavy (non-hydrogen) atoms. The van der Waals surface area contributed by atoms with Crippen molar-refractivity contribution in [1.29, 1.82) is 0 Å². The molecule has 0 fully saturated rings. The molecule has 0 amide bonds. The van der Waals surface area contributed by atoms with E-state index in [0.29, 0.717) is 11.8 Å². The van der Waals surface area contributed by atoms with E-state index in [9.17, 15) is 0 Å². The zero-order valence-electron chi connectivity index (χ0n) is 13.7. The van der Waals surface area contributed by atoms with E-state index in [1.54, 1.807) is 5.01 Å². The molecule has 2 N–H and O–H groups in total. The predicted molar refractivity (Wildman–Crippen MR) is 105 cm³/mol. The molecule has 6 heteroatoms. The number of hydrogen-bond acceptors (Lipinski definition) is 5. The van der Waals surface area contributed by atoms with E-state index >= 15 is 0 Å². The summed E-state index contributed by atoms with van der Waals surface area (Å²) in [6, 6.07) is 14.3. The van der Waals surface area contributed by atoms with Crippen LogP contribution in [0.2, 0.25) is 0 Å². The van der Waals surface area contributed by atoms with Crippen LogP contribution in [0.4, 0.5) is 5.69 Å². The molecular weight excluding hydrogens is 337 g/mol. The van der Waals surface area contributed by atoms with Crippen LogP contribution in [0.3, 0.4) is 0 Å². The Hall–Kier alpha value is -1.94. The molecule has 1 aromatic heterocycles. The second kappa shape index (κ2) is 7.31. The Morgan fingerprint density at radius 1 is 1.21 bits per heavy atom. The second-order valence-electron chi connectivity index (χ2n) is 5.59. The molecule has 1 atom stereocenters. The lowest BCUT2D eigenvalue weighted by atomic mass is 10.1. The average molecular weight is 357 g/mol. The summed E-state index contributed by atoms with van der Waals surface area (Å²) >= 11 is 1.50. The van der Waals surface area contributed by atoms with Crippen molar-refractivity contribution in [1.82, 2.24) is 4.98 Å². The van der Waals surface area contributed by atoms with E-state index in [-0.39, 0.29) is 0 Å². The molecular formula is C18H20N3OPS. The van der Waals surface area contributed by atoms with Crippen molar-refractivity contribution in [2.45, 2.75) is 13.5 Å². The predicted octanol–water partition coefficient (Wildman–Crippen LogP) is 3.51. The van der Waals surface area contributed by atoms with Crippen LogP contribution in [-0.2, 0) is 6.61 Å². The molecule has 0 aliphatic carbocycles. The van der Waals surface area contributed by atoms with Crippen molar-refractivity contribution < 1.29 is 4.74 Å². The fourth-order valence-corrected chi connectivity index (χ4v) is 3.32. The number of nitrogens with zero attached hydrogens (tertiary/aromatic N) is 2. The number of aromatic nitrogens is 1. The summed E-state index contributed by atoms with van der Waals surface area (Å²) in [6.07, 6.45) is 0. The summed E-state index contributed by atoms with van der Waals surface area (Å²) in [5.74, 6) is 5.91. The maximum atomic E-state index is 5.91. The first-order valence-electron chi connectivity index (χ1n) is 7.56. The van der Waals surface area contributed by atoms with Crippen molar-refractivity contribution in [3.8, 4) is 16.5 Å². The topological polar surface area (TPSA) is 51.4 Å². The summed E-state index contributed by atoms with van der Waals surface area (Å²) in [5.41, 5.74) is 5.21. The molecule has 0 saturated heterocycles. The lowest BCUT2D eigenvalue weighted by Crippen LogP contribution is -2.26. The molecule has 0 spiro atoms. The monoisotopic (exact) mass is 357 g/mol. The summed E-state index contributed by atoms with van der Waals surface area (Å²) in [5, 5.41) is 5.45. The van der Waals surface area contributed by atoms with Crippen LogP contribution in [0.15, 0.2) is 47.8 Å². The Labute approximate surface area is 148 Å². The van der Waals surface area contributed by atoms with Crippen molar-refractivity contribution in [2.24, 2.45) is 5.84 Å². The normalized spacial score (nSPS) is 10.7. The highest BCUT2D eigenvalue weighted by Crippen LogP contribution is 2.28. The van der Waals surface area contributed by atoms with Crippen molar-refractivity contribution in [2.75, 3.05) is 12.1 Å². The van der Waals surface area contributed by atoms with E-state index in [2.05, 4.69) is 51.5 Å². The fourth-order valence-electron chi connectivity index (χ4n) is 2.45. The molecule has 0 saturated carbocycles. The Bertz CT molecular complexity index is 831. The third-order valence-electron chi connectivity index (χ3n) is 3.80. The molecule has 0 aliphatic rings. The van der Waals surface area contributed by atoms with Gasteiger partial charge in [-0.05, 0) is 23.9 Å². The Morgan fingerprint density at radius 2 is 1.96 bits per heavy atom. The molecule has 2 aromatic carbocycles. The number of anilines is 1. The molecule has 0 bridgehead atoms. The summed E-state index contributed by atoms with van der Waals surface area (Å²) in [6.45, 7) is 2.50. The summed E-state index contributed by atoms with van der Waals surface area (Å²) in [4.78, 5) is 4.57. The first-order chi connectivity index (χ1) is 11.5. The van der Waals surface area contributed by atoms with E-state index < -0.39 is 0 Å². The quantitative estimate of drug-likeness (QED) is 0.431. The minimum Gasteiger partial charge on any atom is -0.465 e. The van der Waals surface area contributed by atoms with Crippen LogP contribution < -0.4 is 20.9 Å². The highest BCUT2D eigenvalue weighted by molar-refractivity contribution is 7.27. The highest BCUT2D eigenvalue weighted by atomic mass is 32.1. The van der Waals surface area contributed by atoms with E-state index in [0.717, 1.165) is 33.4 Å². The summed E-state index contributed by atoms with van der Waals surface area (Å²) < 4.78 is 5.91. The first-order valence-corrected chi connectivity index (χ1v) is 9.01. The zero-order chi connectivity index (χ0) is 17.1. The van der Waals surface area contributed by atoms with Gasteiger partial charge >= 0.3 is 0 Å². The van der Waals surface area contributed by atoms with Crippen LogP contribution in [-0.4, -0.2) is 12.0 Å². The Balaban J connectivity index is 1.76. The molecule has 1 heterocycles. The van der Waals surface area contributed by atoms with Gasteiger partial charge in [0.2, 0.25) is 0 Å². The van der Waals surface area contributed by atoms with Gasteiger partial charge in [-0.25, -0.2) is 10.8 Å². The third kappa shape index (κ3) is 3.75. The zero-order valence-corrected chi connectivity index (χ0v) is 15.7. The maximum Gasteiger partial charge on any atom is 0.274 e. The fraction of sp³-hybridized carbons (Fsp3) is 0.167. The molecule has 1 unspecified atom stereocenters. The van der Waals surface area contributed by atoms with Crippen LogP contribution >= 0.6 is 20.6 Å². The summed E-state index contributed by atoms with van der Waals surface area (Å²) in [7, 11) is 4.51. The number of hydrogen-bond donors (Lipinski definition) is 1. The lowest BCUT2D eigenvalue weighted by molar-refractivity contribution is 0.304. The Kier molecular flexibility index (Phi) is 5.14. The molecule has 124 valence electrons. The van der Waals surface area contributed by atoms with E-state index in [4.69, 9.17) is 10.6 Å². The van der Waals surface area contributed by atoms with Gasteiger partial charge in [0.25, 0.3) is 5.19 Å². The number of aryl methyl sites for hydroxylation is 1. The smallest absolute Gasteiger partial charge is 0.274 e. The van der Waals surface area contributed by atoms with Gasteiger partial charge in [0.1, 0.15) is 6.61 Å². The number of ether oxygens (including phenoxy) is 1. The second-order valence-corrected chi connectivity index (χ2v) is 7.08. The molecule has 0 radical (unpaired) electrons. The van der Waals surface area contributed by atoms with Crippen LogP contribution in [0.1, 0.15) is 11.1 Å². The number of benzene rings is 2. The van der Waals surface area contributed by atoms with Crippen LogP contribution in [0.5, 0.6) is 5.19 Å². The first kappa shape index (κ1) is 16.9. The number of rotatable bonds is 5.